The summed E-state index contributed by atoms with van der Waals surface area (Å²) >= 11 is 0. The van der Waals surface area contributed by atoms with Gasteiger partial charge < -0.3 is 4.42 Å². The predicted molar refractivity (Wildman–Crippen MR) is 212 cm³/mol. The predicted octanol–water partition coefficient (Wildman–Crippen LogP) is 12.2. The summed E-state index contributed by atoms with van der Waals surface area (Å²) in [5.74, 6) is 5.25. The quantitative estimate of drug-likeness (QED) is 0.185. The number of hydrogen-bond acceptors (Lipinski definition) is 4. The average molecular weight is 684 g/mol. The van der Waals surface area contributed by atoms with Gasteiger partial charge in [-0.2, -0.15) is 0 Å². The normalized spacial score (nSPS) is 23.5. The smallest absolute Gasteiger partial charge is 0.164 e. The molecule has 0 aliphatic heterocycles. The fourth-order valence-corrected chi connectivity index (χ4v) is 11.5. The lowest BCUT2D eigenvalue weighted by atomic mass is 9.43. The Morgan fingerprint density at radius 3 is 1.81 bits per heavy atom. The van der Waals surface area contributed by atoms with Gasteiger partial charge in [-0.25, -0.2) is 15.0 Å². The van der Waals surface area contributed by atoms with Crippen molar-refractivity contribution >= 4 is 21.9 Å². The second-order valence-corrected chi connectivity index (χ2v) is 16.0. The Balaban J connectivity index is 1.02. The third kappa shape index (κ3) is 4.27. The molecular formula is C49H37N3O. The second kappa shape index (κ2) is 11.1. The number of hydrogen-bond donors (Lipinski definition) is 0. The van der Waals surface area contributed by atoms with Crippen LogP contribution in [0.15, 0.2) is 144 Å². The van der Waals surface area contributed by atoms with Gasteiger partial charge in [-0.05, 0) is 107 Å². The average Bonchev–Trinajstić information content (AvgIpc) is 3.74. The van der Waals surface area contributed by atoms with Crippen molar-refractivity contribution < 1.29 is 4.42 Å². The van der Waals surface area contributed by atoms with Gasteiger partial charge in [0.15, 0.2) is 17.5 Å². The van der Waals surface area contributed by atoms with Crippen molar-refractivity contribution in [1.82, 2.24) is 15.0 Å². The molecule has 5 aliphatic rings. The maximum absolute atomic E-state index is 6.10. The van der Waals surface area contributed by atoms with E-state index in [0.29, 0.717) is 23.5 Å². The van der Waals surface area contributed by atoms with Crippen LogP contribution in [-0.4, -0.2) is 15.0 Å². The van der Waals surface area contributed by atoms with Crippen molar-refractivity contribution in [3.63, 3.8) is 0 Å². The summed E-state index contributed by atoms with van der Waals surface area (Å²) < 4.78 is 6.10. The molecule has 4 fully saturated rings. The number of rotatable bonds is 4. The van der Waals surface area contributed by atoms with Crippen molar-refractivity contribution in [1.29, 1.82) is 0 Å². The van der Waals surface area contributed by atoms with Gasteiger partial charge in [0.1, 0.15) is 11.2 Å². The van der Waals surface area contributed by atoms with E-state index in [1.165, 1.54) is 54.4 Å². The highest BCUT2D eigenvalue weighted by molar-refractivity contribution is 6.06. The maximum atomic E-state index is 6.10. The Kier molecular flexibility index (Phi) is 6.20. The molecule has 0 atom stereocenters. The van der Waals surface area contributed by atoms with Gasteiger partial charge in [-0.15, -0.1) is 0 Å². The van der Waals surface area contributed by atoms with Crippen molar-refractivity contribution in [2.45, 2.75) is 37.5 Å². The summed E-state index contributed by atoms with van der Waals surface area (Å²) in [5.41, 5.74) is 13.1. The molecule has 0 radical (unpaired) electrons. The van der Waals surface area contributed by atoms with E-state index in [1.54, 1.807) is 5.56 Å². The highest BCUT2D eigenvalue weighted by Gasteiger charge is 2.62. The van der Waals surface area contributed by atoms with Crippen LogP contribution in [0.3, 0.4) is 0 Å². The number of furan rings is 1. The highest BCUT2D eigenvalue weighted by Crippen LogP contribution is 2.70. The Morgan fingerprint density at radius 1 is 0.434 bits per heavy atom. The summed E-state index contributed by atoms with van der Waals surface area (Å²) in [7, 11) is 0. The monoisotopic (exact) mass is 683 g/mol. The third-order valence-corrected chi connectivity index (χ3v) is 13.3. The zero-order valence-corrected chi connectivity index (χ0v) is 29.4. The van der Waals surface area contributed by atoms with Crippen LogP contribution in [0.4, 0.5) is 0 Å². The molecule has 0 saturated heterocycles. The largest absolute Gasteiger partial charge is 0.456 e. The number of fused-ring (bicyclic) bond motifs is 6. The van der Waals surface area contributed by atoms with Crippen LogP contribution in [0, 0.1) is 23.7 Å². The lowest BCUT2D eigenvalue weighted by Crippen LogP contribution is -2.55. The summed E-state index contributed by atoms with van der Waals surface area (Å²) in [5, 5.41) is 2.27. The van der Waals surface area contributed by atoms with Crippen LogP contribution < -0.4 is 0 Å². The first-order chi connectivity index (χ1) is 26.2. The van der Waals surface area contributed by atoms with Gasteiger partial charge in [-0.1, -0.05) is 121 Å². The Labute approximate surface area is 308 Å². The van der Waals surface area contributed by atoms with Crippen LogP contribution in [-0.2, 0) is 5.41 Å². The lowest BCUT2D eigenvalue weighted by molar-refractivity contribution is -0.0397. The molecule has 0 N–H and O–H groups in total. The highest BCUT2D eigenvalue weighted by atomic mass is 16.3. The van der Waals surface area contributed by atoms with Crippen LogP contribution >= 0.6 is 0 Å². The Hall–Kier alpha value is -5.87. The molecule has 254 valence electrons. The first kappa shape index (κ1) is 29.7. The van der Waals surface area contributed by atoms with Crippen LogP contribution in [0.25, 0.3) is 78.4 Å². The topological polar surface area (TPSA) is 51.8 Å². The maximum Gasteiger partial charge on any atom is 0.164 e. The number of benzene rings is 6. The lowest BCUT2D eigenvalue weighted by Gasteiger charge is -2.61. The van der Waals surface area contributed by atoms with Crippen molar-refractivity contribution in [3.8, 4) is 56.4 Å². The summed E-state index contributed by atoms with van der Waals surface area (Å²) in [6.07, 6.45) is 6.78. The van der Waals surface area contributed by atoms with E-state index < -0.39 is 0 Å². The summed E-state index contributed by atoms with van der Waals surface area (Å²) in [6, 6.07) is 49.9. The van der Waals surface area contributed by atoms with E-state index in [0.717, 1.165) is 61.9 Å². The molecule has 2 aromatic heterocycles. The van der Waals surface area contributed by atoms with E-state index >= 15 is 0 Å². The molecule has 5 aliphatic carbocycles. The minimum Gasteiger partial charge on any atom is -0.456 e. The third-order valence-electron chi connectivity index (χ3n) is 13.3. The molecule has 13 rings (SSSR count). The van der Waals surface area contributed by atoms with Crippen LogP contribution in [0.2, 0.25) is 0 Å². The molecule has 4 saturated carbocycles. The number of aromatic nitrogens is 3. The molecule has 53 heavy (non-hydrogen) atoms. The standard InChI is InChI=1S/C49H37N3O/c1-2-9-32(10-3-1)46-50-47(33-19-17-31(18-20-33)34-21-22-44-41(28-34)38-12-5-7-16-43(38)53-44)52-48(51-46)40-14-8-13-39-37-11-4-6-15-42(37)49(45(39)40)35-24-29-23-30(26-35)27-36(49)25-29/h1-22,28-30,35-36H,23-27H2. The SMILES string of the molecule is c1ccc(-c2nc(-c3ccc(-c4ccc5oc6ccccc6c5c4)cc3)nc(-c3cccc4c3C3(c5ccccc5-4)C4CC5CC(C4)CC3C5)n2)cc1. The summed E-state index contributed by atoms with van der Waals surface area (Å²) in [6.45, 7) is 0. The zero-order valence-electron chi connectivity index (χ0n) is 29.4. The molecular weight excluding hydrogens is 647 g/mol. The first-order valence-electron chi connectivity index (χ1n) is 19.3. The fraction of sp³-hybridized carbons (Fsp3) is 0.204. The molecule has 4 nitrogen and oxygen atoms in total. The van der Waals surface area contributed by atoms with Gasteiger partial charge in [0, 0.05) is 32.9 Å². The minimum atomic E-state index is 0.0126. The van der Waals surface area contributed by atoms with Gasteiger partial charge in [0.2, 0.25) is 0 Å². The van der Waals surface area contributed by atoms with Crippen LogP contribution in [0.5, 0.6) is 0 Å². The molecule has 0 unspecified atom stereocenters. The molecule has 8 aromatic rings. The molecule has 2 heterocycles. The minimum absolute atomic E-state index is 0.0126. The van der Waals surface area contributed by atoms with E-state index in [1.807, 2.05) is 18.2 Å². The fourth-order valence-electron chi connectivity index (χ4n) is 11.5. The van der Waals surface area contributed by atoms with E-state index in [-0.39, 0.29) is 5.41 Å². The number of para-hydroxylation sites is 1. The van der Waals surface area contributed by atoms with E-state index in [2.05, 4.69) is 121 Å². The van der Waals surface area contributed by atoms with E-state index in [9.17, 15) is 0 Å². The Morgan fingerprint density at radius 2 is 1.02 bits per heavy atom. The zero-order chi connectivity index (χ0) is 34.7. The van der Waals surface area contributed by atoms with Crippen LogP contribution in [0.1, 0.15) is 43.2 Å². The van der Waals surface area contributed by atoms with Crippen molar-refractivity contribution in [3.05, 3.63) is 151 Å². The van der Waals surface area contributed by atoms with Crippen molar-refractivity contribution in [2.75, 3.05) is 0 Å². The van der Waals surface area contributed by atoms with E-state index in [4.69, 9.17) is 19.4 Å². The van der Waals surface area contributed by atoms with Gasteiger partial charge >= 0.3 is 0 Å². The Bertz CT molecular complexity index is 2720. The van der Waals surface area contributed by atoms with Crippen molar-refractivity contribution in [2.24, 2.45) is 23.7 Å². The molecule has 4 bridgehead atoms. The van der Waals surface area contributed by atoms with Gasteiger partial charge in [0.25, 0.3) is 0 Å². The van der Waals surface area contributed by atoms with Gasteiger partial charge in [0.05, 0.1) is 0 Å². The first-order valence-corrected chi connectivity index (χ1v) is 19.3. The molecule has 1 spiro atoms. The molecule has 6 aromatic carbocycles. The van der Waals surface area contributed by atoms with Gasteiger partial charge in [-0.3, -0.25) is 0 Å². The molecule has 4 heteroatoms. The number of nitrogens with zero attached hydrogens (tertiary/aromatic N) is 3. The second-order valence-electron chi connectivity index (χ2n) is 16.0. The summed E-state index contributed by atoms with van der Waals surface area (Å²) in [4.78, 5) is 15.8. The molecule has 0 amide bonds.